The van der Waals surface area contributed by atoms with Crippen LogP contribution in [-0.2, 0) is 16.0 Å². The molecule has 0 aliphatic heterocycles. The molecule has 1 saturated carbocycles. The first-order valence-corrected chi connectivity index (χ1v) is 15.5. The molecule has 47 heavy (non-hydrogen) atoms. The molecule has 1 fully saturated rings. The van der Waals surface area contributed by atoms with Crippen LogP contribution >= 0.6 is 0 Å². The van der Waals surface area contributed by atoms with E-state index in [1.54, 1.807) is 44.4 Å². The number of benzene rings is 3. The Hall–Kier alpha value is -5.59. The van der Waals surface area contributed by atoms with Crippen molar-refractivity contribution in [3.63, 3.8) is 0 Å². The van der Waals surface area contributed by atoms with Gasteiger partial charge in [-0.3, -0.25) is 14.4 Å². The molecule has 4 aromatic rings. The van der Waals surface area contributed by atoms with E-state index >= 15 is 0 Å². The molecule has 4 amide bonds. The van der Waals surface area contributed by atoms with Crippen LogP contribution in [0.2, 0.25) is 0 Å². The lowest BCUT2D eigenvalue weighted by Gasteiger charge is -2.29. The normalized spacial score (nSPS) is 16.5. The average Bonchev–Trinajstić information content (AvgIpc) is 3.63. The van der Waals surface area contributed by atoms with Gasteiger partial charge >= 0.3 is 6.09 Å². The lowest BCUT2D eigenvalue weighted by atomic mass is 9.81. The highest BCUT2D eigenvalue weighted by atomic mass is 16.4. The summed E-state index contributed by atoms with van der Waals surface area (Å²) >= 11 is 0. The summed E-state index contributed by atoms with van der Waals surface area (Å²) in [6.45, 7) is 0.364. The number of aromatic amines is 1. The van der Waals surface area contributed by atoms with Crippen LogP contribution in [0.3, 0.4) is 0 Å². The summed E-state index contributed by atoms with van der Waals surface area (Å²) in [4.78, 5) is 52.2. The van der Waals surface area contributed by atoms with Gasteiger partial charge in [0.05, 0.1) is 0 Å². The maximum absolute atomic E-state index is 13.7. The number of nitrogens with one attached hydrogen (secondary N) is 4. The Morgan fingerprint density at radius 2 is 1.62 bits per heavy atom. The van der Waals surface area contributed by atoms with Crippen molar-refractivity contribution < 1.29 is 24.3 Å². The maximum Gasteiger partial charge on any atom is 0.404 e. The molecule has 0 saturated heterocycles. The first kappa shape index (κ1) is 32.8. The van der Waals surface area contributed by atoms with Gasteiger partial charge in [-0.15, -0.1) is 5.10 Å². The largest absolute Gasteiger partial charge is 0.465 e. The number of aromatic nitrogens is 4. The maximum atomic E-state index is 13.7. The van der Waals surface area contributed by atoms with Crippen molar-refractivity contribution in [1.82, 2.24) is 36.2 Å². The second kappa shape index (κ2) is 15.1. The Bertz CT molecular complexity index is 1700. The Kier molecular flexibility index (Phi) is 10.6. The van der Waals surface area contributed by atoms with Gasteiger partial charge in [0.25, 0.3) is 5.91 Å². The second-order valence-corrected chi connectivity index (χ2v) is 12.0. The predicted molar refractivity (Wildman–Crippen MR) is 175 cm³/mol. The first-order chi connectivity index (χ1) is 22.7. The number of H-pyrrole nitrogens is 1. The van der Waals surface area contributed by atoms with Crippen LogP contribution in [-0.4, -0.2) is 81.1 Å². The van der Waals surface area contributed by atoms with Crippen LogP contribution in [0.25, 0.3) is 22.5 Å². The van der Waals surface area contributed by atoms with Gasteiger partial charge < -0.3 is 26.0 Å². The van der Waals surface area contributed by atoms with Crippen molar-refractivity contribution >= 4 is 29.5 Å². The molecule has 3 aromatic carbocycles. The molecule has 13 nitrogen and oxygen atoms in total. The quantitative estimate of drug-likeness (QED) is 0.163. The number of nitrogens with zero attached hydrogens (tertiary/aromatic N) is 4. The summed E-state index contributed by atoms with van der Waals surface area (Å²) in [7, 11) is 3.42. The smallest absolute Gasteiger partial charge is 0.404 e. The van der Waals surface area contributed by atoms with Crippen LogP contribution in [0.4, 0.5) is 10.5 Å². The first-order valence-electron chi connectivity index (χ1n) is 15.5. The zero-order valence-corrected chi connectivity index (χ0v) is 26.3. The van der Waals surface area contributed by atoms with Crippen molar-refractivity contribution in [3.05, 3.63) is 83.9 Å². The van der Waals surface area contributed by atoms with Crippen molar-refractivity contribution in [2.75, 3.05) is 26.0 Å². The summed E-state index contributed by atoms with van der Waals surface area (Å²) in [6, 6.07) is 21.3. The molecule has 0 bridgehead atoms. The third-order valence-corrected chi connectivity index (χ3v) is 8.38. The molecule has 0 spiro atoms. The topological polar surface area (TPSA) is 182 Å². The van der Waals surface area contributed by atoms with Gasteiger partial charge in [0.15, 0.2) is 5.82 Å². The molecule has 13 heteroatoms. The Morgan fingerprint density at radius 3 is 2.28 bits per heavy atom. The van der Waals surface area contributed by atoms with Crippen molar-refractivity contribution in [1.29, 1.82) is 0 Å². The van der Waals surface area contributed by atoms with E-state index in [1.807, 2.05) is 42.5 Å². The van der Waals surface area contributed by atoms with Gasteiger partial charge in [-0.25, -0.2) is 9.89 Å². The SMILES string of the molecule is CN(C)C(=O)c1cccc(-c2cccc(C[C@H](NC(=O)[C@H]3CC[C@H](CNC(=O)O)CC3)C(=O)Nc3ccc(-c4nnn[nH]4)cc3)c2)c1. The van der Waals surface area contributed by atoms with Crippen LogP contribution in [0.15, 0.2) is 72.8 Å². The molecule has 1 atom stereocenters. The van der Waals surface area contributed by atoms with Crippen molar-refractivity contribution in [2.24, 2.45) is 11.8 Å². The van der Waals surface area contributed by atoms with E-state index in [0.29, 0.717) is 36.5 Å². The van der Waals surface area contributed by atoms with Crippen LogP contribution in [0.1, 0.15) is 41.6 Å². The van der Waals surface area contributed by atoms with Crippen LogP contribution in [0, 0.1) is 11.8 Å². The fraction of sp³-hybridized carbons (Fsp3) is 0.324. The van der Waals surface area contributed by atoms with E-state index in [-0.39, 0.29) is 36.0 Å². The zero-order chi connectivity index (χ0) is 33.3. The second-order valence-electron chi connectivity index (χ2n) is 12.0. The minimum absolute atomic E-state index is 0.0971. The lowest BCUT2D eigenvalue weighted by molar-refractivity contribution is -0.130. The van der Waals surface area contributed by atoms with E-state index in [0.717, 1.165) is 35.1 Å². The molecule has 0 radical (unpaired) electrons. The van der Waals surface area contributed by atoms with E-state index in [9.17, 15) is 19.2 Å². The number of rotatable bonds is 11. The van der Waals surface area contributed by atoms with Gasteiger partial charge in [0, 0.05) is 49.8 Å². The summed E-state index contributed by atoms with van der Waals surface area (Å²) in [5, 5.41) is 31.1. The number of tetrazole rings is 1. The highest BCUT2D eigenvalue weighted by Gasteiger charge is 2.30. The molecular formula is C34H38N8O5. The van der Waals surface area contributed by atoms with Gasteiger partial charge in [-0.05, 0) is 95.1 Å². The van der Waals surface area contributed by atoms with E-state index in [2.05, 4.69) is 36.6 Å². The highest BCUT2D eigenvalue weighted by Crippen LogP contribution is 2.29. The highest BCUT2D eigenvalue weighted by molar-refractivity contribution is 5.98. The van der Waals surface area contributed by atoms with Crippen LogP contribution < -0.4 is 16.0 Å². The number of hydrogen-bond acceptors (Lipinski definition) is 7. The van der Waals surface area contributed by atoms with E-state index in [4.69, 9.17) is 5.11 Å². The Labute approximate surface area is 272 Å². The van der Waals surface area contributed by atoms with Crippen molar-refractivity contribution in [2.45, 2.75) is 38.1 Å². The monoisotopic (exact) mass is 638 g/mol. The molecule has 5 N–H and O–H groups in total. The molecule has 244 valence electrons. The fourth-order valence-corrected chi connectivity index (χ4v) is 5.79. The summed E-state index contributed by atoms with van der Waals surface area (Å²) < 4.78 is 0. The lowest BCUT2D eigenvalue weighted by Crippen LogP contribution is -2.48. The average molecular weight is 639 g/mol. The summed E-state index contributed by atoms with van der Waals surface area (Å²) in [6.07, 6.45) is 1.85. The molecule has 1 heterocycles. The minimum Gasteiger partial charge on any atom is -0.465 e. The number of anilines is 1. The van der Waals surface area contributed by atoms with Crippen LogP contribution in [0.5, 0.6) is 0 Å². The third kappa shape index (κ3) is 8.78. The molecule has 1 aliphatic carbocycles. The molecular weight excluding hydrogens is 600 g/mol. The molecule has 0 unspecified atom stereocenters. The predicted octanol–water partition coefficient (Wildman–Crippen LogP) is 3.98. The van der Waals surface area contributed by atoms with E-state index < -0.39 is 12.1 Å². The number of carboxylic acid groups (broad SMARTS) is 1. The van der Waals surface area contributed by atoms with Crippen molar-refractivity contribution in [3.8, 4) is 22.5 Å². The molecule has 5 rings (SSSR count). The number of carbonyl (C=O) groups is 4. The summed E-state index contributed by atoms with van der Waals surface area (Å²) in [5.74, 6) is -0.258. The van der Waals surface area contributed by atoms with Gasteiger partial charge in [-0.2, -0.15) is 0 Å². The third-order valence-electron chi connectivity index (χ3n) is 8.38. The summed E-state index contributed by atoms with van der Waals surface area (Å²) in [5.41, 5.74) is 4.45. The Balaban J connectivity index is 1.32. The molecule has 1 aromatic heterocycles. The number of hydrogen-bond donors (Lipinski definition) is 5. The fourth-order valence-electron chi connectivity index (χ4n) is 5.79. The van der Waals surface area contributed by atoms with Gasteiger partial charge in [0.1, 0.15) is 6.04 Å². The van der Waals surface area contributed by atoms with Gasteiger partial charge in [-0.1, -0.05) is 36.4 Å². The van der Waals surface area contributed by atoms with E-state index in [1.165, 1.54) is 4.90 Å². The number of amides is 4. The minimum atomic E-state index is -1.05. The Morgan fingerprint density at radius 1 is 0.915 bits per heavy atom. The standard InChI is InChI=1S/C34H38N8O5/c1-42(2)33(45)27-8-4-7-26(19-27)25-6-3-5-22(17-25)18-29(37-31(43)24-11-9-21(10-12-24)20-35-34(46)47)32(44)36-28-15-13-23(14-16-28)30-38-40-41-39-30/h3-8,13-17,19,21,24,29,35H,9-12,18,20H2,1-2H3,(H,36,44)(H,37,43)(H,46,47)(H,38,39,40,41)/t21-,24-,29-/m0/s1. The molecule has 1 aliphatic rings. The number of carbonyl (C=O) groups excluding carboxylic acids is 3. The van der Waals surface area contributed by atoms with Gasteiger partial charge in [0.2, 0.25) is 11.8 Å². The zero-order valence-electron chi connectivity index (χ0n) is 26.3.